The Kier molecular flexibility index (Phi) is 14.2. The quantitative estimate of drug-likeness (QED) is 0.347. The van der Waals surface area contributed by atoms with Gasteiger partial charge in [0.1, 0.15) is 0 Å². The molecule has 2 aromatic carbocycles. The number of carboxylic acid groups (broad SMARTS) is 2. The zero-order valence-electron chi connectivity index (χ0n) is 28.2. The molecule has 0 saturated heterocycles. The molecule has 228 valence electrons. The van der Waals surface area contributed by atoms with E-state index in [1.807, 2.05) is 0 Å². The fourth-order valence-corrected chi connectivity index (χ4v) is 13.4. The summed E-state index contributed by atoms with van der Waals surface area (Å²) in [6.07, 6.45) is -1.83. The van der Waals surface area contributed by atoms with Crippen molar-refractivity contribution in [1.29, 1.82) is 0 Å². The molecule has 5 nitrogen and oxygen atoms in total. The first-order chi connectivity index (χ1) is 17.8. The second-order valence-electron chi connectivity index (χ2n) is 14.5. The monoisotopic (exact) mass is 592 g/mol. The van der Waals surface area contributed by atoms with Gasteiger partial charge in [0.25, 0.3) is 0 Å². The Hall–Kier alpha value is -1.83. The van der Waals surface area contributed by atoms with E-state index in [1.54, 1.807) is 0 Å². The van der Waals surface area contributed by atoms with Gasteiger partial charge in [0.2, 0.25) is 0 Å². The van der Waals surface area contributed by atoms with Crippen LogP contribution in [-0.4, -0.2) is 65.2 Å². The fourth-order valence-electron chi connectivity index (χ4n) is 5.36. The Bertz CT molecular complexity index is 911. The molecule has 0 saturated carbocycles. The van der Waals surface area contributed by atoms with Crippen molar-refractivity contribution in [2.45, 2.75) is 104 Å². The summed E-state index contributed by atoms with van der Waals surface area (Å²) in [6.45, 7) is 28.4. The lowest BCUT2D eigenvalue weighted by atomic mass is 10.2. The summed E-state index contributed by atoms with van der Waals surface area (Å²) in [5, 5.41) is 18.3. The van der Waals surface area contributed by atoms with E-state index in [1.165, 1.54) is 22.0 Å². The van der Waals surface area contributed by atoms with E-state index in [-0.39, 0.29) is 15.8 Å². The minimum atomic E-state index is -1.83. The molecule has 0 bridgehead atoms. The van der Waals surface area contributed by atoms with Crippen molar-refractivity contribution in [1.82, 2.24) is 0 Å². The standard InChI is InChI=1S/2C16H28NP.CH2O3/c2*1-15(2,3)18(16(4,5)6)14-11-9-13(10-12-14)17(7)8;2-1(3)4/h2*9-12H,1-8H3;(H2,2,3,4). The van der Waals surface area contributed by atoms with Crippen molar-refractivity contribution in [2.24, 2.45) is 0 Å². The molecule has 0 aromatic heterocycles. The van der Waals surface area contributed by atoms with Crippen LogP contribution in [0.4, 0.5) is 16.2 Å². The Balaban J connectivity index is 0.000000671. The Morgan fingerprint density at radius 3 is 0.800 bits per heavy atom. The molecule has 0 unspecified atom stereocenters. The van der Waals surface area contributed by atoms with Crippen molar-refractivity contribution in [3.63, 3.8) is 0 Å². The third kappa shape index (κ3) is 13.2. The topological polar surface area (TPSA) is 64.0 Å². The third-order valence-corrected chi connectivity index (χ3v) is 12.9. The van der Waals surface area contributed by atoms with Crippen LogP contribution in [0.2, 0.25) is 0 Å². The van der Waals surface area contributed by atoms with Crippen molar-refractivity contribution in [3.8, 4) is 0 Å². The van der Waals surface area contributed by atoms with E-state index in [0.29, 0.717) is 20.6 Å². The third-order valence-electron chi connectivity index (χ3n) is 5.93. The number of carbonyl (C=O) groups is 1. The number of nitrogens with zero attached hydrogens (tertiary/aromatic N) is 2. The lowest BCUT2D eigenvalue weighted by molar-refractivity contribution is 0.137. The van der Waals surface area contributed by atoms with Gasteiger partial charge in [-0.15, -0.1) is 0 Å². The highest BCUT2D eigenvalue weighted by atomic mass is 31.1. The van der Waals surface area contributed by atoms with Crippen LogP contribution in [0.3, 0.4) is 0 Å². The second-order valence-corrected chi connectivity index (χ2v) is 22.2. The van der Waals surface area contributed by atoms with E-state index < -0.39 is 6.16 Å². The number of hydrogen-bond donors (Lipinski definition) is 2. The lowest BCUT2D eigenvalue weighted by Crippen LogP contribution is -2.31. The van der Waals surface area contributed by atoms with Crippen molar-refractivity contribution in [2.75, 3.05) is 38.0 Å². The molecule has 0 heterocycles. The van der Waals surface area contributed by atoms with Gasteiger partial charge in [0.15, 0.2) is 0 Å². The first kappa shape index (κ1) is 38.2. The average molecular weight is 593 g/mol. The maximum Gasteiger partial charge on any atom is 0.503 e. The molecule has 0 atom stereocenters. The van der Waals surface area contributed by atoms with E-state index in [4.69, 9.17) is 15.0 Å². The van der Waals surface area contributed by atoms with E-state index >= 15 is 0 Å². The summed E-state index contributed by atoms with van der Waals surface area (Å²) >= 11 is 0. The maximum atomic E-state index is 8.56. The molecular formula is C33H58N2O3P2. The summed E-state index contributed by atoms with van der Waals surface area (Å²) < 4.78 is 0. The number of hydrogen-bond acceptors (Lipinski definition) is 3. The first-order valence-electron chi connectivity index (χ1n) is 13.9. The van der Waals surface area contributed by atoms with Gasteiger partial charge in [0, 0.05) is 39.6 Å². The Morgan fingerprint density at radius 1 is 0.500 bits per heavy atom. The van der Waals surface area contributed by atoms with E-state index in [2.05, 4.69) is 170 Å². The highest BCUT2D eigenvalue weighted by Gasteiger charge is 2.36. The minimum Gasteiger partial charge on any atom is -0.450 e. The fraction of sp³-hybridized carbons (Fsp3) is 0.606. The van der Waals surface area contributed by atoms with Crippen LogP contribution in [-0.2, 0) is 0 Å². The first-order valence-corrected chi connectivity index (χ1v) is 16.6. The molecule has 2 rings (SSSR count). The van der Waals surface area contributed by atoms with Crippen molar-refractivity contribution >= 4 is 44.0 Å². The molecule has 0 aliphatic carbocycles. The highest BCUT2D eigenvalue weighted by molar-refractivity contribution is 7.68. The van der Waals surface area contributed by atoms with Gasteiger partial charge >= 0.3 is 6.16 Å². The van der Waals surface area contributed by atoms with Gasteiger partial charge in [0.05, 0.1) is 0 Å². The van der Waals surface area contributed by atoms with Crippen LogP contribution in [0.5, 0.6) is 0 Å². The Labute approximate surface area is 248 Å². The molecule has 40 heavy (non-hydrogen) atoms. The van der Waals surface area contributed by atoms with Crippen LogP contribution in [0.15, 0.2) is 48.5 Å². The van der Waals surface area contributed by atoms with Gasteiger partial charge in [-0.3, -0.25) is 0 Å². The van der Waals surface area contributed by atoms with E-state index in [9.17, 15) is 0 Å². The average Bonchev–Trinajstić information content (AvgIpc) is 2.70. The molecule has 7 heteroatoms. The predicted octanol–water partition coefficient (Wildman–Crippen LogP) is 9.14. The van der Waals surface area contributed by atoms with Gasteiger partial charge in [-0.05, 0) is 55.5 Å². The van der Waals surface area contributed by atoms with Crippen LogP contribution in [0.25, 0.3) is 0 Å². The second kappa shape index (κ2) is 14.9. The van der Waals surface area contributed by atoms with Gasteiger partial charge in [-0.1, -0.05) is 123 Å². The summed E-state index contributed by atoms with van der Waals surface area (Å²) in [4.78, 5) is 12.9. The number of anilines is 2. The lowest BCUT2D eigenvalue weighted by Gasteiger charge is -2.42. The molecule has 2 aromatic rings. The molecule has 2 N–H and O–H groups in total. The highest BCUT2D eigenvalue weighted by Crippen LogP contribution is 2.59. The normalized spacial score (nSPS) is 12.2. The van der Waals surface area contributed by atoms with Crippen molar-refractivity contribution < 1.29 is 15.0 Å². The zero-order chi connectivity index (χ0) is 31.9. The number of benzene rings is 2. The minimum absolute atomic E-state index is 0.188. The van der Waals surface area contributed by atoms with Crippen LogP contribution in [0, 0.1) is 0 Å². The van der Waals surface area contributed by atoms with Gasteiger partial charge < -0.3 is 20.0 Å². The zero-order valence-corrected chi connectivity index (χ0v) is 30.0. The number of rotatable bonds is 4. The van der Waals surface area contributed by atoms with Crippen LogP contribution >= 0.6 is 15.8 Å². The summed E-state index contributed by atoms with van der Waals surface area (Å²) in [5.41, 5.74) is 2.55. The van der Waals surface area contributed by atoms with Crippen LogP contribution in [0.1, 0.15) is 83.1 Å². The van der Waals surface area contributed by atoms with Gasteiger partial charge in [-0.2, -0.15) is 0 Å². The molecule has 0 radical (unpaired) electrons. The van der Waals surface area contributed by atoms with Crippen molar-refractivity contribution in [3.05, 3.63) is 48.5 Å². The Morgan fingerprint density at radius 2 is 0.675 bits per heavy atom. The molecule has 0 aliphatic heterocycles. The summed E-state index contributed by atoms with van der Waals surface area (Å²) in [6, 6.07) is 18.2. The smallest absolute Gasteiger partial charge is 0.450 e. The molecule has 0 spiro atoms. The molecular weight excluding hydrogens is 534 g/mol. The van der Waals surface area contributed by atoms with E-state index in [0.717, 1.165) is 0 Å². The predicted molar refractivity (Wildman–Crippen MR) is 184 cm³/mol. The molecule has 0 amide bonds. The van der Waals surface area contributed by atoms with Gasteiger partial charge in [-0.25, -0.2) is 4.79 Å². The molecule has 0 fully saturated rings. The molecule has 0 aliphatic rings. The summed E-state index contributed by atoms with van der Waals surface area (Å²) in [7, 11) is 7.98. The largest absolute Gasteiger partial charge is 0.503 e. The van der Waals surface area contributed by atoms with Crippen LogP contribution < -0.4 is 20.4 Å². The SMILES string of the molecule is CN(C)c1ccc(P(C(C)(C)C)C(C)(C)C)cc1.CN(C)c1ccc(P(C(C)(C)C)C(C)(C)C)cc1.O=C(O)O. The summed E-state index contributed by atoms with van der Waals surface area (Å²) in [5.74, 6) is 0. The maximum absolute atomic E-state index is 8.56.